The minimum atomic E-state index is -3.23. The van der Waals surface area contributed by atoms with Crippen LogP contribution in [0.15, 0.2) is 30.3 Å². The number of carbonyl (C=O) groups excluding carboxylic acids is 1. The third kappa shape index (κ3) is 4.47. The number of sulfonamides is 1. The molecule has 0 radical (unpaired) electrons. The Kier molecular flexibility index (Phi) is 5.95. The number of amides is 1. The Morgan fingerprint density at radius 2 is 1.89 bits per heavy atom. The summed E-state index contributed by atoms with van der Waals surface area (Å²) in [7, 11) is -3.23. The lowest BCUT2D eigenvalue weighted by molar-refractivity contribution is 0.0928. The summed E-state index contributed by atoms with van der Waals surface area (Å²) in [5, 5.41) is 3.14. The maximum Gasteiger partial charge on any atom is 0.253 e. The minimum Gasteiger partial charge on any atom is -0.349 e. The molecule has 1 aromatic heterocycles. The first kappa shape index (κ1) is 20.6. The van der Waals surface area contributed by atoms with Gasteiger partial charge in [0, 0.05) is 29.7 Å². The van der Waals surface area contributed by atoms with Crippen LogP contribution >= 0.6 is 0 Å². The van der Waals surface area contributed by atoms with Gasteiger partial charge in [0.2, 0.25) is 10.0 Å². The highest BCUT2D eigenvalue weighted by molar-refractivity contribution is 7.88. The molecule has 2 atom stereocenters. The number of nitrogens with one attached hydrogen (secondary N) is 2. The molecule has 0 saturated heterocycles. The third-order valence-electron chi connectivity index (χ3n) is 5.62. The number of benzene rings is 1. The van der Waals surface area contributed by atoms with Gasteiger partial charge in [0.15, 0.2) is 0 Å². The molecular weight excluding hydrogens is 374 g/mol. The molecule has 1 aliphatic carbocycles. The van der Waals surface area contributed by atoms with E-state index in [1.54, 1.807) is 0 Å². The van der Waals surface area contributed by atoms with Crippen LogP contribution in [0.4, 0.5) is 0 Å². The van der Waals surface area contributed by atoms with Gasteiger partial charge in [-0.2, -0.15) is 0 Å². The summed E-state index contributed by atoms with van der Waals surface area (Å²) in [6, 6.07) is 10.0. The molecule has 28 heavy (non-hydrogen) atoms. The highest BCUT2D eigenvalue weighted by atomic mass is 32.2. The number of aromatic nitrogens is 1. The van der Waals surface area contributed by atoms with E-state index in [4.69, 9.17) is 0 Å². The summed E-state index contributed by atoms with van der Waals surface area (Å²) in [4.78, 5) is 13.0. The van der Waals surface area contributed by atoms with Gasteiger partial charge in [-0.25, -0.2) is 13.1 Å². The lowest BCUT2D eigenvalue weighted by Gasteiger charge is -2.21. The second-order valence-corrected chi connectivity index (χ2v) is 9.63. The number of nitrogens with zero attached hydrogens (tertiary/aromatic N) is 1. The van der Waals surface area contributed by atoms with Crippen molar-refractivity contribution in [3.05, 3.63) is 52.8 Å². The van der Waals surface area contributed by atoms with Gasteiger partial charge in [0.1, 0.15) is 0 Å². The maximum atomic E-state index is 13.0. The maximum absolute atomic E-state index is 13.0. The SMILES string of the molecule is Cc1ccccc1-n1c(C)cc(C(=O)N[C@@H]2CCC[C@@H]2CNS(C)(=O)=O)c1C. The van der Waals surface area contributed by atoms with E-state index >= 15 is 0 Å². The van der Waals surface area contributed by atoms with Gasteiger partial charge in [0.25, 0.3) is 5.91 Å². The molecule has 1 saturated carbocycles. The van der Waals surface area contributed by atoms with Crippen LogP contribution in [-0.2, 0) is 10.0 Å². The van der Waals surface area contributed by atoms with Gasteiger partial charge >= 0.3 is 0 Å². The molecule has 2 N–H and O–H groups in total. The van der Waals surface area contributed by atoms with Crippen LogP contribution in [0.5, 0.6) is 0 Å². The van der Waals surface area contributed by atoms with Crippen molar-refractivity contribution in [2.45, 2.75) is 46.1 Å². The quantitative estimate of drug-likeness (QED) is 0.778. The average molecular weight is 404 g/mol. The van der Waals surface area contributed by atoms with E-state index in [1.807, 2.05) is 32.0 Å². The van der Waals surface area contributed by atoms with Gasteiger partial charge in [-0.1, -0.05) is 24.6 Å². The van der Waals surface area contributed by atoms with E-state index in [1.165, 1.54) is 0 Å². The molecule has 7 heteroatoms. The van der Waals surface area contributed by atoms with E-state index in [-0.39, 0.29) is 17.9 Å². The molecule has 1 amide bonds. The predicted octanol–water partition coefficient (Wildman–Crippen LogP) is 2.85. The Morgan fingerprint density at radius 3 is 2.57 bits per heavy atom. The lowest BCUT2D eigenvalue weighted by Crippen LogP contribution is -2.42. The Balaban J connectivity index is 1.78. The number of aryl methyl sites for hydroxylation is 2. The summed E-state index contributed by atoms with van der Waals surface area (Å²) in [6.07, 6.45) is 3.94. The third-order valence-corrected chi connectivity index (χ3v) is 6.31. The first-order valence-electron chi connectivity index (χ1n) is 9.68. The largest absolute Gasteiger partial charge is 0.349 e. The Bertz CT molecular complexity index is 979. The molecule has 1 aromatic carbocycles. The highest BCUT2D eigenvalue weighted by Gasteiger charge is 2.30. The van der Waals surface area contributed by atoms with E-state index in [2.05, 4.69) is 33.7 Å². The summed E-state index contributed by atoms with van der Waals surface area (Å²) < 4.78 is 27.5. The number of carbonyl (C=O) groups is 1. The van der Waals surface area contributed by atoms with Crippen LogP contribution < -0.4 is 10.0 Å². The molecule has 1 aliphatic rings. The number of rotatable bonds is 6. The van der Waals surface area contributed by atoms with Crippen molar-refractivity contribution >= 4 is 15.9 Å². The van der Waals surface area contributed by atoms with Gasteiger partial charge in [-0.05, 0) is 57.2 Å². The molecule has 2 aromatic rings. The molecule has 0 unspecified atom stereocenters. The van der Waals surface area contributed by atoms with Crippen molar-refractivity contribution in [2.24, 2.45) is 5.92 Å². The Labute approximate surface area is 167 Å². The molecule has 6 nitrogen and oxygen atoms in total. The topological polar surface area (TPSA) is 80.2 Å². The zero-order valence-electron chi connectivity index (χ0n) is 17.0. The molecule has 1 heterocycles. The lowest BCUT2D eigenvalue weighted by atomic mass is 10.0. The first-order chi connectivity index (χ1) is 13.2. The zero-order valence-corrected chi connectivity index (χ0v) is 17.8. The summed E-state index contributed by atoms with van der Waals surface area (Å²) in [5.41, 5.74) is 4.82. The van der Waals surface area contributed by atoms with Gasteiger partial charge in [-0.3, -0.25) is 4.79 Å². The zero-order chi connectivity index (χ0) is 20.5. The van der Waals surface area contributed by atoms with Crippen molar-refractivity contribution in [1.82, 2.24) is 14.6 Å². The monoisotopic (exact) mass is 403 g/mol. The average Bonchev–Trinajstić information content (AvgIpc) is 3.17. The second kappa shape index (κ2) is 8.09. The summed E-state index contributed by atoms with van der Waals surface area (Å²) in [6.45, 7) is 6.40. The predicted molar refractivity (Wildman–Crippen MR) is 111 cm³/mol. The minimum absolute atomic E-state index is 0.0109. The highest BCUT2D eigenvalue weighted by Crippen LogP contribution is 2.27. The first-order valence-corrected chi connectivity index (χ1v) is 11.6. The fourth-order valence-corrected chi connectivity index (χ4v) is 4.67. The smallest absolute Gasteiger partial charge is 0.253 e. The van der Waals surface area contributed by atoms with Crippen LogP contribution in [0.3, 0.4) is 0 Å². The number of para-hydroxylation sites is 1. The van der Waals surface area contributed by atoms with Crippen molar-refractivity contribution in [2.75, 3.05) is 12.8 Å². The van der Waals surface area contributed by atoms with Crippen molar-refractivity contribution in [1.29, 1.82) is 0 Å². The molecule has 152 valence electrons. The van der Waals surface area contributed by atoms with Crippen molar-refractivity contribution in [3.8, 4) is 5.69 Å². The van der Waals surface area contributed by atoms with Crippen molar-refractivity contribution < 1.29 is 13.2 Å². The normalized spacial score (nSPS) is 19.7. The molecule has 0 aliphatic heterocycles. The number of hydrogen-bond acceptors (Lipinski definition) is 3. The fourth-order valence-electron chi connectivity index (χ4n) is 4.15. The Hall–Kier alpha value is -2.12. The number of hydrogen-bond donors (Lipinski definition) is 2. The molecule has 0 spiro atoms. The van der Waals surface area contributed by atoms with E-state index in [9.17, 15) is 13.2 Å². The van der Waals surface area contributed by atoms with E-state index < -0.39 is 10.0 Å². The van der Waals surface area contributed by atoms with E-state index in [0.29, 0.717) is 12.1 Å². The molecule has 3 rings (SSSR count). The molecular formula is C21H29N3O3S. The van der Waals surface area contributed by atoms with Crippen LogP contribution in [0.2, 0.25) is 0 Å². The Morgan fingerprint density at radius 1 is 1.18 bits per heavy atom. The summed E-state index contributed by atoms with van der Waals surface area (Å²) in [5.74, 6) is 0.0303. The summed E-state index contributed by atoms with van der Waals surface area (Å²) >= 11 is 0. The standard InChI is InChI=1S/C21H29N3O3S/c1-14-8-5-6-11-20(14)24-15(2)12-18(16(24)3)21(25)23-19-10-7-9-17(19)13-22-28(4,26)27/h5-6,8,11-12,17,19,22H,7,9-10,13H2,1-4H3,(H,23,25)/t17-,19-/m1/s1. The van der Waals surface area contributed by atoms with Gasteiger partial charge < -0.3 is 9.88 Å². The van der Waals surface area contributed by atoms with Crippen LogP contribution in [0.1, 0.15) is 46.6 Å². The van der Waals surface area contributed by atoms with Gasteiger partial charge in [-0.15, -0.1) is 0 Å². The van der Waals surface area contributed by atoms with Gasteiger partial charge in [0.05, 0.1) is 11.8 Å². The van der Waals surface area contributed by atoms with Crippen LogP contribution in [-0.4, -0.2) is 37.7 Å². The fraction of sp³-hybridized carbons (Fsp3) is 0.476. The van der Waals surface area contributed by atoms with E-state index in [0.717, 1.165) is 48.2 Å². The second-order valence-electron chi connectivity index (χ2n) is 7.80. The van der Waals surface area contributed by atoms with Crippen LogP contribution in [0, 0.1) is 26.7 Å². The van der Waals surface area contributed by atoms with Crippen LogP contribution in [0.25, 0.3) is 5.69 Å². The van der Waals surface area contributed by atoms with Crippen molar-refractivity contribution in [3.63, 3.8) is 0 Å². The molecule has 0 bridgehead atoms. The molecule has 1 fully saturated rings.